The van der Waals surface area contributed by atoms with Gasteiger partial charge in [0.25, 0.3) is 0 Å². The van der Waals surface area contributed by atoms with Gasteiger partial charge in [-0.05, 0) is 31.0 Å². The highest BCUT2D eigenvalue weighted by molar-refractivity contribution is 7.23. The molecule has 230 valence electrons. The highest BCUT2D eigenvalue weighted by Gasteiger charge is 2.49. The van der Waals surface area contributed by atoms with Crippen LogP contribution < -0.4 is 26.4 Å². The van der Waals surface area contributed by atoms with Crippen LogP contribution in [0, 0.1) is 23.0 Å². The van der Waals surface area contributed by atoms with E-state index in [1.54, 1.807) is 11.9 Å². The summed E-state index contributed by atoms with van der Waals surface area (Å²) in [5, 5.41) is 13.9. The number of nitriles is 1. The third kappa shape index (κ3) is 3.98. The summed E-state index contributed by atoms with van der Waals surface area (Å²) in [5.74, 6) is -0.645. The highest BCUT2D eigenvalue weighted by atomic mass is 35.5. The van der Waals surface area contributed by atoms with Gasteiger partial charge in [0.15, 0.2) is 11.6 Å². The molecular weight excluding hydrogens is 617 g/mol. The maximum absolute atomic E-state index is 17.0. The quantitative estimate of drug-likeness (QED) is 0.446. The fourth-order valence-corrected chi connectivity index (χ4v) is 8.72. The summed E-state index contributed by atoms with van der Waals surface area (Å²) in [4.78, 5) is 8.66. The molecule has 3 saturated heterocycles. The van der Waals surface area contributed by atoms with E-state index in [1.807, 2.05) is 6.07 Å². The lowest BCUT2D eigenvalue weighted by Crippen LogP contribution is -2.53. The molecular formula is C30H28ClF3N6O3S. The van der Waals surface area contributed by atoms with Crippen LogP contribution >= 0.6 is 22.9 Å². The summed E-state index contributed by atoms with van der Waals surface area (Å²) in [6.07, 6.45) is -0.153. The number of anilines is 1. The summed E-state index contributed by atoms with van der Waals surface area (Å²) in [5.41, 5.74) is 5.81. The van der Waals surface area contributed by atoms with E-state index >= 15 is 4.39 Å². The molecule has 3 aromatic rings. The molecule has 0 amide bonds. The first-order valence-electron chi connectivity index (χ1n) is 14.5. The molecule has 2 unspecified atom stereocenters. The van der Waals surface area contributed by atoms with Crippen LogP contribution in [0.15, 0.2) is 17.1 Å². The van der Waals surface area contributed by atoms with Crippen molar-refractivity contribution in [3.05, 3.63) is 44.9 Å². The van der Waals surface area contributed by atoms with Crippen LogP contribution in [-0.4, -0.2) is 80.0 Å². The van der Waals surface area contributed by atoms with Gasteiger partial charge in [-0.15, -0.1) is 11.3 Å². The van der Waals surface area contributed by atoms with E-state index in [2.05, 4.69) is 10.2 Å². The van der Waals surface area contributed by atoms with Crippen LogP contribution in [-0.2, 0) is 9.47 Å². The van der Waals surface area contributed by atoms with Crippen molar-refractivity contribution in [3.63, 3.8) is 0 Å². The van der Waals surface area contributed by atoms with Gasteiger partial charge in [0, 0.05) is 36.5 Å². The van der Waals surface area contributed by atoms with E-state index in [9.17, 15) is 14.0 Å². The number of fused-ring (bicyclic) bond motifs is 3. The Balaban J connectivity index is 1.33. The number of rotatable bonds is 4. The second-order valence-corrected chi connectivity index (χ2v) is 13.5. The van der Waals surface area contributed by atoms with Crippen molar-refractivity contribution in [2.75, 3.05) is 45.7 Å². The molecule has 5 aliphatic heterocycles. The Morgan fingerprint density at radius 2 is 2.18 bits per heavy atom. The number of alkyl halides is 1. The van der Waals surface area contributed by atoms with Gasteiger partial charge in [-0.25, -0.2) is 18.2 Å². The molecule has 5 atom stereocenters. The average molecular weight is 645 g/mol. The maximum atomic E-state index is 17.0. The Bertz CT molecular complexity index is 1900. The predicted octanol–water partition coefficient (Wildman–Crippen LogP) is 3.21. The van der Waals surface area contributed by atoms with Crippen molar-refractivity contribution in [2.24, 2.45) is 4.99 Å². The van der Waals surface area contributed by atoms with E-state index in [1.165, 1.54) is 12.1 Å². The largest absolute Gasteiger partial charge is 0.483 e. The first-order chi connectivity index (χ1) is 21.2. The Labute approximate surface area is 259 Å². The van der Waals surface area contributed by atoms with Crippen molar-refractivity contribution >= 4 is 43.8 Å². The standard InChI is InChI=1S/C30H28ClF3N6O3S/c1-39-28-21-24(38-29(39)42-12-30-5-2-6-40(30)9-13(32)7-30)23(34)20(22(31)25(21)43-18-11-41-10-17(18)37-28)14-3-4-16(33)26-19(14)15(8-35)27(36)44-26/h3-4,13,17-18,29,37H,2,5-7,9-12,36H2,1H3/t13-,17?,18-,29?,30+/m1/s1. The molecule has 0 bridgehead atoms. The van der Waals surface area contributed by atoms with Crippen molar-refractivity contribution in [2.45, 2.75) is 49.5 Å². The lowest BCUT2D eigenvalue weighted by molar-refractivity contribution is -0.0633. The third-order valence-electron chi connectivity index (χ3n) is 9.55. The van der Waals surface area contributed by atoms with Gasteiger partial charge in [-0.3, -0.25) is 4.90 Å². The number of nitrogens with one attached hydrogen (secondary N) is 1. The molecule has 3 N–H and O–H groups in total. The number of hydrogen-bond acceptors (Lipinski definition) is 10. The van der Waals surface area contributed by atoms with Crippen molar-refractivity contribution in [1.29, 1.82) is 5.26 Å². The van der Waals surface area contributed by atoms with Gasteiger partial charge >= 0.3 is 0 Å². The number of thiophene rings is 1. The molecule has 0 saturated carbocycles. The second-order valence-electron chi connectivity index (χ2n) is 12.1. The van der Waals surface area contributed by atoms with E-state index in [0.29, 0.717) is 30.6 Å². The van der Waals surface area contributed by atoms with Crippen LogP contribution in [0.2, 0.25) is 5.02 Å². The number of ether oxygens (including phenoxy) is 3. The van der Waals surface area contributed by atoms with Gasteiger partial charge in [-0.1, -0.05) is 17.7 Å². The minimum Gasteiger partial charge on any atom is -0.483 e. The van der Waals surface area contributed by atoms with Gasteiger partial charge in [-0.2, -0.15) is 5.26 Å². The number of nitrogen functional groups attached to an aromatic ring is 1. The van der Waals surface area contributed by atoms with Gasteiger partial charge < -0.3 is 30.2 Å². The van der Waals surface area contributed by atoms with Crippen molar-refractivity contribution in [1.82, 2.24) is 15.1 Å². The lowest BCUT2D eigenvalue weighted by atomic mass is 9.95. The number of halogens is 4. The monoisotopic (exact) mass is 644 g/mol. The van der Waals surface area contributed by atoms with E-state index in [4.69, 9.17) is 36.5 Å². The number of nitrogens with two attached hydrogens (primary N) is 1. The predicted molar refractivity (Wildman–Crippen MR) is 158 cm³/mol. The van der Waals surface area contributed by atoms with Crippen LogP contribution in [0.3, 0.4) is 0 Å². The van der Waals surface area contributed by atoms with E-state index in [0.717, 1.165) is 30.7 Å². The first-order valence-corrected chi connectivity index (χ1v) is 15.7. The van der Waals surface area contributed by atoms with Crippen LogP contribution in [0.1, 0.15) is 24.8 Å². The van der Waals surface area contributed by atoms with Gasteiger partial charge in [0.1, 0.15) is 40.3 Å². The van der Waals surface area contributed by atoms with E-state index in [-0.39, 0.29) is 67.2 Å². The molecule has 0 radical (unpaired) electrons. The van der Waals surface area contributed by atoms with E-state index < -0.39 is 35.8 Å². The number of hydrogen-bond donors (Lipinski definition) is 2. The molecule has 2 aromatic carbocycles. The molecule has 0 aliphatic carbocycles. The summed E-state index contributed by atoms with van der Waals surface area (Å²) in [6.45, 7) is 2.07. The summed E-state index contributed by atoms with van der Waals surface area (Å²) < 4.78 is 65.0. The lowest BCUT2D eigenvalue weighted by Gasteiger charge is -2.37. The molecule has 6 heterocycles. The van der Waals surface area contributed by atoms with Gasteiger partial charge in [0.2, 0.25) is 6.35 Å². The molecule has 5 aliphatic rings. The smallest absolute Gasteiger partial charge is 0.229 e. The molecule has 9 nitrogen and oxygen atoms in total. The molecule has 0 spiro atoms. The SMILES string of the molecule is CN1C2=c3c(c(Cl)c(-c4ccc(F)c5sc(N)c(C#N)c45)c(F)c3=NC1OC[C@@]13CCCN1C[C@H](F)C3)O[C@@H]1COCC1N2. The highest BCUT2D eigenvalue weighted by Crippen LogP contribution is 2.45. The van der Waals surface area contributed by atoms with Crippen LogP contribution in [0.5, 0.6) is 5.75 Å². The number of benzene rings is 2. The van der Waals surface area contributed by atoms with Crippen LogP contribution in [0.25, 0.3) is 27.0 Å². The fraction of sp³-hybridized carbons (Fsp3) is 0.467. The molecule has 1 aromatic heterocycles. The Kier molecular flexibility index (Phi) is 6.49. The second kappa shape index (κ2) is 10.1. The molecule has 8 rings (SSSR count). The maximum Gasteiger partial charge on any atom is 0.229 e. The van der Waals surface area contributed by atoms with Crippen molar-refractivity contribution < 1.29 is 27.4 Å². The zero-order valence-corrected chi connectivity index (χ0v) is 25.2. The topological polar surface area (TPSA) is 108 Å². The molecule has 44 heavy (non-hydrogen) atoms. The minimum atomic E-state index is -0.949. The minimum absolute atomic E-state index is 0.0404. The zero-order valence-electron chi connectivity index (χ0n) is 23.6. The zero-order chi connectivity index (χ0) is 30.5. The average Bonchev–Trinajstić information content (AvgIpc) is 3.73. The normalized spacial score (nSPS) is 29.0. The third-order valence-corrected chi connectivity index (χ3v) is 10.9. The Morgan fingerprint density at radius 1 is 1.34 bits per heavy atom. The molecule has 3 fully saturated rings. The molecule has 14 heteroatoms. The van der Waals surface area contributed by atoms with Crippen molar-refractivity contribution in [3.8, 4) is 22.9 Å². The summed E-state index contributed by atoms with van der Waals surface area (Å²) in [6, 6.07) is 4.36. The fourth-order valence-electron chi connectivity index (χ4n) is 7.45. The summed E-state index contributed by atoms with van der Waals surface area (Å²) >= 11 is 7.93. The Morgan fingerprint density at radius 3 is 3.00 bits per heavy atom. The number of nitrogens with zero attached hydrogens (tertiary/aromatic N) is 4. The van der Waals surface area contributed by atoms with Crippen LogP contribution in [0.4, 0.5) is 18.2 Å². The summed E-state index contributed by atoms with van der Waals surface area (Å²) in [7, 11) is 1.78. The Hall–Kier alpha value is -3.28. The van der Waals surface area contributed by atoms with Gasteiger partial charge in [0.05, 0.1) is 46.4 Å². The first kappa shape index (κ1) is 28.2.